The van der Waals surface area contributed by atoms with E-state index in [2.05, 4.69) is 15.5 Å². The topological polar surface area (TPSA) is 64.7 Å². The number of piperazine rings is 1. The zero-order valence-electron chi connectivity index (χ0n) is 17.7. The fourth-order valence-corrected chi connectivity index (χ4v) is 3.69. The number of thiocarbonyl (C=S) groups is 1. The number of hydrogen-bond acceptors (Lipinski definition) is 4. The van der Waals surface area contributed by atoms with Crippen LogP contribution in [0.5, 0.6) is 0 Å². The van der Waals surface area contributed by atoms with E-state index in [-0.39, 0.29) is 16.9 Å². The van der Waals surface area contributed by atoms with Gasteiger partial charge < -0.3 is 15.1 Å². The number of hydrogen-bond donors (Lipinski definition) is 2. The van der Waals surface area contributed by atoms with Crippen LogP contribution in [0.3, 0.4) is 0 Å². The van der Waals surface area contributed by atoms with Crippen molar-refractivity contribution in [3.63, 3.8) is 0 Å². The Labute approximate surface area is 183 Å². The Morgan fingerprint density at radius 3 is 2.37 bits per heavy atom. The molecular weight excluding hydrogens is 396 g/mol. The normalized spacial score (nSPS) is 13.7. The van der Waals surface area contributed by atoms with Crippen molar-refractivity contribution in [3.05, 3.63) is 59.2 Å². The zero-order valence-corrected chi connectivity index (χ0v) is 18.5. The summed E-state index contributed by atoms with van der Waals surface area (Å²) in [5.74, 6) is -0.0453. The summed E-state index contributed by atoms with van der Waals surface area (Å²) in [7, 11) is 0. The quantitative estimate of drug-likeness (QED) is 0.736. The Balaban J connectivity index is 1.64. The molecule has 2 aromatic rings. The summed E-state index contributed by atoms with van der Waals surface area (Å²) in [6, 6.07) is 13.4. The van der Waals surface area contributed by atoms with E-state index in [0.29, 0.717) is 25.1 Å². The smallest absolute Gasteiger partial charge is 0.257 e. The Hall–Kier alpha value is -2.93. The van der Waals surface area contributed by atoms with Gasteiger partial charge in [0.2, 0.25) is 5.91 Å². The predicted octanol–water partition coefficient (Wildman–Crippen LogP) is 3.49. The molecule has 0 spiro atoms. The second-order valence-electron chi connectivity index (χ2n) is 7.45. The Bertz CT molecular complexity index is 952. The van der Waals surface area contributed by atoms with Crippen molar-refractivity contribution in [1.82, 2.24) is 10.2 Å². The van der Waals surface area contributed by atoms with E-state index in [1.807, 2.05) is 62.1 Å². The third kappa shape index (κ3) is 5.16. The van der Waals surface area contributed by atoms with E-state index < -0.39 is 0 Å². The van der Waals surface area contributed by atoms with E-state index >= 15 is 0 Å². The number of nitrogens with one attached hydrogen (secondary N) is 2. The molecule has 7 heteroatoms. The van der Waals surface area contributed by atoms with Crippen molar-refractivity contribution in [3.8, 4) is 0 Å². The summed E-state index contributed by atoms with van der Waals surface area (Å²) < 4.78 is 0. The van der Waals surface area contributed by atoms with Gasteiger partial charge in [-0.2, -0.15) is 0 Å². The molecule has 2 amide bonds. The third-order valence-corrected chi connectivity index (χ3v) is 5.63. The lowest BCUT2D eigenvalue weighted by molar-refractivity contribution is -0.131. The highest BCUT2D eigenvalue weighted by Gasteiger charge is 2.22. The Kier molecular flexibility index (Phi) is 7.05. The van der Waals surface area contributed by atoms with Crippen LogP contribution in [-0.4, -0.2) is 48.0 Å². The molecule has 30 heavy (non-hydrogen) atoms. The van der Waals surface area contributed by atoms with Gasteiger partial charge in [-0.3, -0.25) is 14.9 Å². The van der Waals surface area contributed by atoms with Crippen LogP contribution in [0.25, 0.3) is 0 Å². The van der Waals surface area contributed by atoms with Crippen molar-refractivity contribution in [2.45, 2.75) is 27.2 Å². The standard InChI is InChI=1S/C23H28N4O2S/c1-4-21(28)27-13-11-26(12-14-27)20-8-6-5-7-19(20)24-23(30)25-22(29)18-10-9-16(2)17(3)15-18/h5-10,15H,4,11-14H2,1-3H3,(H2,24,25,29,30). The van der Waals surface area contributed by atoms with Gasteiger partial charge in [0.05, 0.1) is 11.4 Å². The molecule has 1 saturated heterocycles. The number of amides is 2. The number of para-hydroxylation sites is 2. The summed E-state index contributed by atoms with van der Waals surface area (Å²) >= 11 is 5.39. The van der Waals surface area contributed by atoms with Crippen LogP contribution in [0.15, 0.2) is 42.5 Å². The SMILES string of the molecule is CCC(=O)N1CCN(c2ccccc2NC(=S)NC(=O)c2ccc(C)c(C)c2)CC1. The molecular formula is C23H28N4O2S. The van der Waals surface area contributed by atoms with Crippen LogP contribution < -0.4 is 15.5 Å². The zero-order chi connectivity index (χ0) is 21.7. The van der Waals surface area contributed by atoms with Gasteiger partial charge >= 0.3 is 0 Å². The molecule has 0 atom stereocenters. The molecule has 158 valence electrons. The fraction of sp³-hybridized carbons (Fsp3) is 0.348. The Morgan fingerprint density at radius 1 is 1.00 bits per heavy atom. The maximum absolute atomic E-state index is 12.5. The van der Waals surface area contributed by atoms with Crippen molar-refractivity contribution in [1.29, 1.82) is 0 Å². The van der Waals surface area contributed by atoms with Gasteiger partial charge in [0, 0.05) is 38.2 Å². The first-order valence-electron chi connectivity index (χ1n) is 10.2. The minimum Gasteiger partial charge on any atom is -0.366 e. The molecule has 1 fully saturated rings. The molecule has 1 aliphatic rings. The third-order valence-electron chi connectivity index (χ3n) is 5.42. The van der Waals surface area contributed by atoms with Gasteiger partial charge in [0.1, 0.15) is 0 Å². The molecule has 0 radical (unpaired) electrons. The number of carbonyl (C=O) groups excluding carboxylic acids is 2. The lowest BCUT2D eigenvalue weighted by Gasteiger charge is -2.37. The second-order valence-corrected chi connectivity index (χ2v) is 7.85. The monoisotopic (exact) mass is 424 g/mol. The first-order chi connectivity index (χ1) is 14.4. The fourth-order valence-electron chi connectivity index (χ4n) is 3.49. The summed E-state index contributed by atoms with van der Waals surface area (Å²) in [5, 5.41) is 6.17. The molecule has 2 N–H and O–H groups in total. The van der Waals surface area contributed by atoms with Crippen LogP contribution >= 0.6 is 12.2 Å². The van der Waals surface area contributed by atoms with Gasteiger partial charge in [-0.05, 0) is 61.5 Å². The predicted molar refractivity (Wildman–Crippen MR) is 125 cm³/mol. The van der Waals surface area contributed by atoms with Gasteiger partial charge in [-0.25, -0.2) is 0 Å². The largest absolute Gasteiger partial charge is 0.366 e. The number of aryl methyl sites for hydroxylation is 2. The van der Waals surface area contributed by atoms with Crippen LogP contribution in [0.2, 0.25) is 0 Å². The molecule has 2 aromatic carbocycles. The highest BCUT2D eigenvalue weighted by Crippen LogP contribution is 2.26. The highest BCUT2D eigenvalue weighted by atomic mass is 32.1. The molecule has 0 aromatic heterocycles. The van der Waals surface area contributed by atoms with E-state index in [1.165, 1.54) is 0 Å². The highest BCUT2D eigenvalue weighted by molar-refractivity contribution is 7.80. The molecule has 1 aliphatic heterocycles. The molecule has 0 aliphatic carbocycles. The first kappa shape index (κ1) is 21.8. The Morgan fingerprint density at radius 2 is 1.70 bits per heavy atom. The van der Waals surface area contributed by atoms with Crippen molar-refractivity contribution in [2.75, 3.05) is 36.4 Å². The minimum atomic E-state index is -0.236. The maximum Gasteiger partial charge on any atom is 0.257 e. The van der Waals surface area contributed by atoms with Gasteiger partial charge in [-0.15, -0.1) is 0 Å². The van der Waals surface area contributed by atoms with Crippen LogP contribution in [0.4, 0.5) is 11.4 Å². The second kappa shape index (κ2) is 9.71. The van der Waals surface area contributed by atoms with Crippen LogP contribution in [-0.2, 0) is 4.79 Å². The lowest BCUT2D eigenvalue weighted by atomic mass is 10.1. The van der Waals surface area contributed by atoms with E-state index in [9.17, 15) is 9.59 Å². The molecule has 0 bridgehead atoms. The van der Waals surface area contributed by atoms with Gasteiger partial charge in [-0.1, -0.05) is 25.1 Å². The number of rotatable bonds is 4. The van der Waals surface area contributed by atoms with Gasteiger partial charge in [0.15, 0.2) is 5.11 Å². The molecule has 0 saturated carbocycles. The van der Waals surface area contributed by atoms with Crippen molar-refractivity contribution < 1.29 is 9.59 Å². The van der Waals surface area contributed by atoms with E-state index in [0.717, 1.165) is 35.6 Å². The lowest BCUT2D eigenvalue weighted by Crippen LogP contribution is -2.48. The molecule has 0 unspecified atom stereocenters. The summed E-state index contributed by atoms with van der Waals surface area (Å²) in [5.41, 5.74) is 4.61. The van der Waals surface area contributed by atoms with Crippen molar-refractivity contribution >= 4 is 40.5 Å². The number of nitrogens with zero attached hydrogens (tertiary/aromatic N) is 2. The number of carbonyl (C=O) groups is 2. The van der Waals surface area contributed by atoms with E-state index in [1.54, 1.807) is 6.07 Å². The van der Waals surface area contributed by atoms with Crippen LogP contribution in [0.1, 0.15) is 34.8 Å². The minimum absolute atomic E-state index is 0.191. The average Bonchev–Trinajstić information content (AvgIpc) is 2.75. The summed E-state index contributed by atoms with van der Waals surface area (Å²) in [6.07, 6.45) is 0.534. The average molecular weight is 425 g/mol. The molecule has 1 heterocycles. The maximum atomic E-state index is 12.5. The molecule has 6 nitrogen and oxygen atoms in total. The first-order valence-corrected chi connectivity index (χ1v) is 10.6. The van der Waals surface area contributed by atoms with E-state index in [4.69, 9.17) is 12.2 Å². The van der Waals surface area contributed by atoms with Crippen LogP contribution in [0, 0.1) is 13.8 Å². The van der Waals surface area contributed by atoms with Gasteiger partial charge in [0.25, 0.3) is 5.91 Å². The molecule has 3 rings (SSSR count). The summed E-state index contributed by atoms with van der Waals surface area (Å²) in [6.45, 7) is 8.80. The number of benzene rings is 2. The van der Waals surface area contributed by atoms with Crippen molar-refractivity contribution in [2.24, 2.45) is 0 Å². The number of anilines is 2. The summed E-state index contributed by atoms with van der Waals surface area (Å²) in [4.78, 5) is 28.6.